The van der Waals surface area contributed by atoms with Crippen molar-refractivity contribution < 1.29 is 24.3 Å². The van der Waals surface area contributed by atoms with E-state index in [0.717, 1.165) is 24.4 Å². The molecule has 2 aromatic rings. The lowest BCUT2D eigenvalue weighted by atomic mass is 10.0. The number of quaternary nitrogens is 1. The Balaban J connectivity index is 1.59. The summed E-state index contributed by atoms with van der Waals surface area (Å²) >= 11 is 0. The van der Waals surface area contributed by atoms with Gasteiger partial charge in [-0.15, -0.1) is 0 Å². The van der Waals surface area contributed by atoms with Crippen LogP contribution < -0.4 is 19.5 Å². The number of carbonyl (C=O) groups is 1. The number of allylic oxidation sites excluding steroid dienone is 1. The number of hydrogen-bond acceptors (Lipinski definition) is 4. The summed E-state index contributed by atoms with van der Waals surface area (Å²) in [6, 6.07) is 10.6. The third kappa shape index (κ3) is 3.76. The van der Waals surface area contributed by atoms with Crippen molar-refractivity contribution >= 4 is 11.9 Å². The Bertz CT molecular complexity index is 896. The molecule has 0 saturated carbocycles. The van der Waals surface area contributed by atoms with Crippen molar-refractivity contribution in [1.82, 2.24) is 0 Å². The highest BCUT2D eigenvalue weighted by Crippen LogP contribution is 2.38. The van der Waals surface area contributed by atoms with E-state index in [1.54, 1.807) is 12.1 Å². The number of rotatable bonds is 5. The third-order valence-electron chi connectivity index (χ3n) is 5.37. The molecule has 1 N–H and O–H groups in total. The average molecular weight is 379 g/mol. The van der Waals surface area contributed by atoms with Gasteiger partial charge >= 0.3 is 0 Å². The van der Waals surface area contributed by atoms with Crippen LogP contribution in [0.2, 0.25) is 0 Å². The molecule has 2 aromatic carbocycles. The monoisotopic (exact) mass is 379 g/mol. The maximum absolute atomic E-state index is 12.8. The first-order valence-corrected chi connectivity index (χ1v) is 9.99. The minimum Gasteiger partial charge on any atom is -0.872 e. The molecule has 0 radical (unpaired) electrons. The predicted octanol–water partition coefficient (Wildman–Crippen LogP) is 2.34. The Morgan fingerprint density at radius 1 is 1.11 bits per heavy atom. The summed E-state index contributed by atoms with van der Waals surface area (Å²) in [5, 5.41) is 12.5. The number of benzene rings is 2. The van der Waals surface area contributed by atoms with Gasteiger partial charge in [-0.2, -0.15) is 0 Å². The number of likely N-dealkylation sites (tertiary alicyclic amines) is 1. The molecule has 1 saturated heterocycles. The van der Waals surface area contributed by atoms with Crippen molar-refractivity contribution in [2.24, 2.45) is 0 Å². The molecule has 2 aliphatic rings. The molecule has 0 spiro atoms. The summed E-state index contributed by atoms with van der Waals surface area (Å²) < 4.78 is 11.4. The average Bonchev–Trinajstić information content (AvgIpc) is 3.02. The zero-order valence-corrected chi connectivity index (χ0v) is 16.1. The second-order valence-corrected chi connectivity index (χ2v) is 7.35. The Kier molecular flexibility index (Phi) is 5.35. The maximum Gasteiger partial charge on any atom is 0.231 e. The number of nitrogens with one attached hydrogen (secondary N) is 1. The molecule has 4 rings (SSSR count). The lowest BCUT2D eigenvalue weighted by Crippen LogP contribution is -3.11. The van der Waals surface area contributed by atoms with Gasteiger partial charge in [-0.05, 0) is 56.0 Å². The van der Waals surface area contributed by atoms with Gasteiger partial charge in [0.1, 0.15) is 18.0 Å². The molecule has 0 unspecified atom stereocenters. The highest BCUT2D eigenvalue weighted by molar-refractivity contribution is 6.14. The first-order valence-electron chi connectivity index (χ1n) is 9.99. The van der Waals surface area contributed by atoms with Crippen LogP contribution in [0.15, 0.2) is 42.2 Å². The van der Waals surface area contributed by atoms with Crippen LogP contribution in [0.5, 0.6) is 17.2 Å². The fourth-order valence-electron chi connectivity index (χ4n) is 3.91. The number of Topliss-reactive ketones (excluding diaryl/α,β-unsaturated/α-hetero) is 1. The molecule has 2 heterocycles. The maximum atomic E-state index is 12.8. The minimum absolute atomic E-state index is 0.0491. The van der Waals surface area contributed by atoms with E-state index in [9.17, 15) is 9.90 Å². The lowest BCUT2D eigenvalue weighted by Gasteiger charge is -2.26. The molecule has 0 aromatic heterocycles. The van der Waals surface area contributed by atoms with E-state index in [1.807, 2.05) is 31.2 Å². The molecule has 5 nitrogen and oxygen atoms in total. The van der Waals surface area contributed by atoms with Gasteiger partial charge < -0.3 is 19.5 Å². The van der Waals surface area contributed by atoms with Crippen molar-refractivity contribution in [3.8, 4) is 17.2 Å². The van der Waals surface area contributed by atoms with Gasteiger partial charge in [-0.1, -0.05) is 23.9 Å². The molecule has 0 amide bonds. The minimum atomic E-state index is -0.168. The van der Waals surface area contributed by atoms with Crippen LogP contribution in [-0.4, -0.2) is 25.5 Å². The van der Waals surface area contributed by atoms with Crippen molar-refractivity contribution in [2.45, 2.75) is 32.7 Å². The van der Waals surface area contributed by atoms with E-state index in [0.29, 0.717) is 30.0 Å². The molecule has 5 heteroatoms. The Morgan fingerprint density at radius 3 is 2.57 bits per heavy atom. The van der Waals surface area contributed by atoms with Crippen LogP contribution in [0.4, 0.5) is 0 Å². The highest BCUT2D eigenvalue weighted by atomic mass is 16.5. The first kappa shape index (κ1) is 18.6. The van der Waals surface area contributed by atoms with Gasteiger partial charge in [0, 0.05) is 5.56 Å². The van der Waals surface area contributed by atoms with Crippen LogP contribution in [-0.2, 0) is 6.54 Å². The second-order valence-electron chi connectivity index (χ2n) is 7.35. The van der Waals surface area contributed by atoms with E-state index in [1.165, 1.54) is 30.2 Å². The van der Waals surface area contributed by atoms with Crippen LogP contribution >= 0.6 is 0 Å². The molecular formula is C23H25NO4. The number of ketones is 1. The van der Waals surface area contributed by atoms with Crippen molar-refractivity contribution in [2.75, 3.05) is 19.7 Å². The Hall–Kier alpha value is -2.79. The van der Waals surface area contributed by atoms with Crippen LogP contribution in [0.1, 0.15) is 47.7 Å². The zero-order valence-electron chi connectivity index (χ0n) is 16.1. The summed E-state index contributed by atoms with van der Waals surface area (Å²) in [5.74, 6) is 1.28. The lowest BCUT2D eigenvalue weighted by molar-refractivity contribution is -0.918. The molecule has 146 valence electrons. The fraction of sp³-hybridized carbons (Fsp3) is 0.348. The number of ether oxygens (including phenoxy) is 2. The second kappa shape index (κ2) is 8.07. The van der Waals surface area contributed by atoms with E-state index in [-0.39, 0.29) is 17.3 Å². The summed E-state index contributed by atoms with van der Waals surface area (Å²) in [6.45, 7) is 5.28. The molecule has 0 bridgehead atoms. The summed E-state index contributed by atoms with van der Waals surface area (Å²) in [6.07, 6.45) is 5.34. The van der Waals surface area contributed by atoms with Crippen LogP contribution in [0.3, 0.4) is 0 Å². The highest BCUT2D eigenvalue weighted by Gasteiger charge is 2.31. The van der Waals surface area contributed by atoms with Crippen molar-refractivity contribution in [3.05, 3.63) is 58.8 Å². The van der Waals surface area contributed by atoms with Gasteiger partial charge in [-0.3, -0.25) is 4.79 Å². The standard InChI is InChI=1S/C23H25NO4/c1-2-27-17-8-6-16(7-9-17)14-21-22(26)18-10-11-20(25)19(23(18)28-21)15-24-12-4-3-5-13-24/h6-11,14,25H,2-5,12-13,15H2,1H3/b21-14-. The number of fused-ring (bicyclic) bond motifs is 1. The molecule has 0 aliphatic carbocycles. The quantitative estimate of drug-likeness (QED) is 0.810. The van der Waals surface area contributed by atoms with Gasteiger partial charge in [0.2, 0.25) is 5.78 Å². The van der Waals surface area contributed by atoms with Gasteiger partial charge in [0.25, 0.3) is 0 Å². The SMILES string of the molecule is CCOc1ccc(/C=C2\Oc3c(ccc([O-])c3C[NH+]3CCCCC3)C2=O)cc1. The van der Waals surface area contributed by atoms with Crippen molar-refractivity contribution in [1.29, 1.82) is 0 Å². The number of hydrogen-bond donors (Lipinski definition) is 1. The molecule has 28 heavy (non-hydrogen) atoms. The van der Waals surface area contributed by atoms with Crippen LogP contribution in [0.25, 0.3) is 6.08 Å². The third-order valence-corrected chi connectivity index (χ3v) is 5.37. The molecule has 1 fully saturated rings. The van der Waals surface area contributed by atoms with E-state index in [4.69, 9.17) is 9.47 Å². The van der Waals surface area contributed by atoms with E-state index >= 15 is 0 Å². The topological polar surface area (TPSA) is 63.0 Å². The Labute approximate surface area is 165 Å². The van der Waals surface area contributed by atoms with Gasteiger partial charge in [-0.25, -0.2) is 0 Å². The largest absolute Gasteiger partial charge is 0.872 e. The molecular weight excluding hydrogens is 354 g/mol. The van der Waals surface area contributed by atoms with Gasteiger partial charge in [0.05, 0.1) is 25.3 Å². The molecule has 0 atom stereocenters. The van der Waals surface area contributed by atoms with Crippen LogP contribution in [0, 0.1) is 0 Å². The summed E-state index contributed by atoms with van der Waals surface area (Å²) in [5.41, 5.74) is 1.96. The summed E-state index contributed by atoms with van der Waals surface area (Å²) in [4.78, 5) is 14.2. The fourth-order valence-corrected chi connectivity index (χ4v) is 3.91. The number of piperidine rings is 1. The normalized spacial score (nSPS) is 18.2. The predicted molar refractivity (Wildman–Crippen MR) is 105 cm³/mol. The molecule has 2 aliphatic heterocycles. The Morgan fingerprint density at radius 2 is 1.86 bits per heavy atom. The van der Waals surface area contributed by atoms with Crippen molar-refractivity contribution in [3.63, 3.8) is 0 Å². The first-order chi connectivity index (χ1) is 13.7. The number of carbonyl (C=O) groups excluding carboxylic acids is 1. The summed E-state index contributed by atoms with van der Waals surface area (Å²) in [7, 11) is 0. The van der Waals surface area contributed by atoms with E-state index in [2.05, 4.69) is 0 Å². The van der Waals surface area contributed by atoms with Gasteiger partial charge in [0.15, 0.2) is 5.76 Å². The smallest absolute Gasteiger partial charge is 0.231 e. The zero-order chi connectivity index (χ0) is 19.5. The van der Waals surface area contributed by atoms with E-state index < -0.39 is 0 Å².